The highest BCUT2D eigenvalue weighted by Crippen LogP contribution is 2.38. The Morgan fingerprint density at radius 2 is 2.06 bits per heavy atom. The molecule has 1 aliphatic carbocycles. The molecule has 2 rings (SSSR count). The van der Waals surface area contributed by atoms with Crippen molar-refractivity contribution in [1.82, 2.24) is 0 Å². The van der Waals surface area contributed by atoms with Crippen LogP contribution in [0.4, 0.5) is 0 Å². The second kappa shape index (κ2) is 4.96. The minimum Gasteiger partial charge on any atom is -0.493 e. The van der Waals surface area contributed by atoms with Crippen LogP contribution in [0.15, 0.2) is 12.1 Å². The van der Waals surface area contributed by atoms with E-state index in [4.69, 9.17) is 21.1 Å². The summed E-state index contributed by atoms with van der Waals surface area (Å²) in [6.45, 7) is 0. The van der Waals surface area contributed by atoms with Gasteiger partial charge in [0.25, 0.3) is 0 Å². The Labute approximate surface area is 106 Å². The van der Waals surface area contributed by atoms with E-state index in [9.17, 15) is 4.79 Å². The van der Waals surface area contributed by atoms with E-state index in [1.165, 1.54) is 14.2 Å². The van der Waals surface area contributed by atoms with Crippen LogP contribution in [0.5, 0.6) is 11.5 Å². The fraction of sp³-hybridized carbons (Fsp3) is 0.462. The van der Waals surface area contributed by atoms with Crippen molar-refractivity contribution in [3.05, 3.63) is 22.7 Å². The lowest BCUT2D eigenvalue weighted by Crippen LogP contribution is -2.02. The number of ketones is 1. The monoisotopic (exact) mass is 254 g/mol. The molecule has 92 valence electrons. The molecule has 0 saturated heterocycles. The van der Waals surface area contributed by atoms with Gasteiger partial charge in [0, 0.05) is 12.0 Å². The van der Waals surface area contributed by atoms with Gasteiger partial charge in [-0.05, 0) is 30.9 Å². The summed E-state index contributed by atoms with van der Waals surface area (Å²) in [5.74, 6) is 1.65. The SMILES string of the molecule is COc1cc(C(=O)CC2CC2)cc(Cl)c1OC. The highest BCUT2D eigenvalue weighted by atomic mass is 35.5. The molecule has 1 aromatic carbocycles. The maximum atomic E-state index is 12.0. The molecule has 0 aromatic heterocycles. The second-order valence-electron chi connectivity index (χ2n) is 4.26. The van der Waals surface area contributed by atoms with E-state index in [1.54, 1.807) is 12.1 Å². The van der Waals surface area contributed by atoms with E-state index < -0.39 is 0 Å². The molecule has 0 atom stereocenters. The minimum atomic E-state index is 0.121. The second-order valence-corrected chi connectivity index (χ2v) is 4.67. The fourth-order valence-corrected chi connectivity index (χ4v) is 2.07. The molecule has 0 aliphatic heterocycles. The standard InChI is InChI=1S/C13H15ClO3/c1-16-12-7-9(6-10(14)13(12)17-2)11(15)5-8-3-4-8/h6-8H,3-5H2,1-2H3. The maximum Gasteiger partial charge on any atom is 0.179 e. The van der Waals surface area contributed by atoms with Gasteiger partial charge < -0.3 is 9.47 Å². The lowest BCUT2D eigenvalue weighted by molar-refractivity contribution is 0.0975. The summed E-state index contributed by atoms with van der Waals surface area (Å²) in [5.41, 5.74) is 0.597. The third-order valence-electron chi connectivity index (χ3n) is 2.93. The summed E-state index contributed by atoms with van der Waals surface area (Å²) in [6.07, 6.45) is 2.92. The third kappa shape index (κ3) is 2.72. The Kier molecular flexibility index (Phi) is 3.57. The van der Waals surface area contributed by atoms with Crippen LogP contribution < -0.4 is 9.47 Å². The van der Waals surface area contributed by atoms with Gasteiger partial charge in [0.15, 0.2) is 17.3 Å². The van der Waals surface area contributed by atoms with E-state index in [0.717, 1.165) is 12.8 Å². The average Bonchev–Trinajstić information content (AvgIpc) is 3.11. The number of carbonyl (C=O) groups excluding carboxylic acids is 1. The van der Waals surface area contributed by atoms with Gasteiger partial charge in [-0.1, -0.05) is 11.6 Å². The molecule has 0 radical (unpaired) electrons. The summed E-state index contributed by atoms with van der Waals surface area (Å²) in [4.78, 5) is 12.0. The highest BCUT2D eigenvalue weighted by molar-refractivity contribution is 6.32. The topological polar surface area (TPSA) is 35.5 Å². The molecule has 1 fully saturated rings. The molecule has 0 N–H and O–H groups in total. The van der Waals surface area contributed by atoms with Crippen molar-refractivity contribution in [1.29, 1.82) is 0 Å². The molecule has 1 aliphatic rings. The zero-order valence-corrected chi connectivity index (χ0v) is 10.7. The normalized spacial score (nSPS) is 14.5. The number of Topliss-reactive ketones (excluding diaryl/α,β-unsaturated/α-hetero) is 1. The molecule has 0 amide bonds. The van der Waals surface area contributed by atoms with E-state index >= 15 is 0 Å². The third-order valence-corrected chi connectivity index (χ3v) is 3.21. The first-order valence-electron chi connectivity index (χ1n) is 5.60. The summed E-state index contributed by atoms with van der Waals surface area (Å²) in [7, 11) is 3.05. The number of halogens is 1. The first kappa shape index (κ1) is 12.2. The van der Waals surface area contributed by atoms with Crippen molar-refractivity contribution in [2.45, 2.75) is 19.3 Å². The number of methoxy groups -OCH3 is 2. The smallest absolute Gasteiger partial charge is 0.179 e. The number of carbonyl (C=O) groups is 1. The summed E-state index contributed by atoms with van der Waals surface area (Å²) in [5, 5.41) is 0.408. The predicted octanol–water partition coefficient (Wildman–Crippen LogP) is 3.34. The molecule has 0 spiro atoms. The van der Waals surface area contributed by atoms with Crippen molar-refractivity contribution < 1.29 is 14.3 Å². The van der Waals surface area contributed by atoms with Crippen LogP contribution in [-0.4, -0.2) is 20.0 Å². The van der Waals surface area contributed by atoms with Crippen molar-refractivity contribution in [3.8, 4) is 11.5 Å². The molecule has 0 bridgehead atoms. The number of hydrogen-bond donors (Lipinski definition) is 0. The van der Waals surface area contributed by atoms with Crippen LogP contribution in [0.2, 0.25) is 5.02 Å². The van der Waals surface area contributed by atoms with Crippen LogP contribution in [0, 0.1) is 5.92 Å². The van der Waals surface area contributed by atoms with Crippen molar-refractivity contribution in [2.75, 3.05) is 14.2 Å². The molecule has 1 saturated carbocycles. The van der Waals surface area contributed by atoms with Gasteiger partial charge in [-0.15, -0.1) is 0 Å². The summed E-state index contributed by atoms with van der Waals surface area (Å²) >= 11 is 6.05. The molecule has 1 aromatic rings. The predicted molar refractivity (Wildman–Crippen MR) is 66.2 cm³/mol. The van der Waals surface area contributed by atoms with Gasteiger partial charge in [0.05, 0.1) is 19.2 Å². The van der Waals surface area contributed by atoms with Gasteiger partial charge >= 0.3 is 0 Å². The van der Waals surface area contributed by atoms with Gasteiger partial charge in [-0.2, -0.15) is 0 Å². The van der Waals surface area contributed by atoms with Crippen molar-refractivity contribution >= 4 is 17.4 Å². The Bertz CT molecular complexity index is 439. The first-order chi connectivity index (χ1) is 8.15. The molecular formula is C13H15ClO3. The van der Waals surface area contributed by atoms with Crippen LogP contribution in [0.3, 0.4) is 0 Å². The highest BCUT2D eigenvalue weighted by Gasteiger charge is 2.25. The minimum absolute atomic E-state index is 0.121. The van der Waals surface area contributed by atoms with E-state index in [0.29, 0.717) is 34.4 Å². The van der Waals surface area contributed by atoms with Gasteiger partial charge in [-0.3, -0.25) is 4.79 Å². The van der Waals surface area contributed by atoms with Crippen molar-refractivity contribution in [2.24, 2.45) is 5.92 Å². The zero-order chi connectivity index (χ0) is 12.4. The number of benzene rings is 1. The lowest BCUT2D eigenvalue weighted by Gasteiger charge is -2.11. The van der Waals surface area contributed by atoms with E-state index in [-0.39, 0.29) is 5.78 Å². The van der Waals surface area contributed by atoms with Gasteiger partial charge in [-0.25, -0.2) is 0 Å². The Morgan fingerprint density at radius 1 is 1.35 bits per heavy atom. The Hall–Kier alpha value is -1.22. The summed E-state index contributed by atoms with van der Waals surface area (Å²) < 4.78 is 10.3. The van der Waals surface area contributed by atoms with Crippen LogP contribution >= 0.6 is 11.6 Å². The Morgan fingerprint density at radius 3 is 2.59 bits per heavy atom. The van der Waals surface area contributed by atoms with Crippen molar-refractivity contribution in [3.63, 3.8) is 0 Å². The zero-order valence-electron chi connectivity index (χ0n) is 9.96. The lowest BCUT2D eigenvalue weighted by atomic mass is 10.1. The van der Waals surface area contributed by atoms with E-state index in [2.05, 4.69) is 0 Å². The maximum absolute atomic E-state index is 12.0. The molecule has 0 heterocycles. The number of hydrogen-bond acceptors (Lipinski definition) is 3. The van der Waals surface area contributed by atoms with Gasteiger partial charge in [0.1, 0.15) is 0 Å². The van der Waals surface area contributed by atoms with Crippen LogP contribution in [0.1, 0.15) is 29.6 Å². The van der Waals surface area contributed by atoms with E-state index in [1.807, 2.05) is 0 Å². The average molecular weight is 255 g/mol. The molecule has 4 heteroatoms. The molecule has 17 heavy (non-hydrogen) atoms. The quantitative estimate of drug-likeness (QED) is 0.756. The van der Waals surface area contributed by atoms with Gasteiger partial charge in [0.2, 0.25) is 0 Å². The van der Waals surface area contributed by atoms with Crippen LogP contribution in [0.25, 0.3) is 0 Å². The summed E-state index contributed by atoms with van der Waals surface area (Å²) in [6, 6.07) is 3.34. The fourth-order valence-electron chi connectivity index (χ4n) is 1.78. The Balaban J connectivity index is 2.27. The molecule has 3 nitrogen and oxygen atoms in total. The number of ether oxygens (including phenoxy) is 2. The largest absolute Gasteiger partial charge is 0.493 e. The molecular weight excluding hydrogens is 240 g/mol. The first-order valence-corrected chi connectivity index (χ1v) is 5.98. The van der Waals surface area contributed by atoms with Crippen LogP contribution in [-0.2, 0) is 0 Å². The number of rotatable bonds is 5. The molecule has 0 unspecified atom stereocenters.